The molecule has 0 amide bonds. The maximum Gasteiger partial charge on any atom is 0.0293 e. The fourth-order valence-electron chi connectivity index (χ4n) is 2.71. The normalized spacial score (nSPS) is 14.4. The molecule has 0 fully saturated rings. The third kappa shape index (κ3) is 14.4. The van der Waals surface area contributed by atoms with Crippen LogP contribution in [0, 0.1) is 0 Å². The van der Waals surface area contributed by atoms with Crippen molar-refractivity contribution in [2.24, 2.45) is 0 Å². The fourth-order valence-corrected chi connectivity index (χ4v) is 2.71. The Kier molecular flexibility index (Phi) is 13.9. The molecule has 0 bridgehead atoms. The van der Waals surface area contributed by atoms with E-state index in [-0.39, 0.29) is 5.54 Å². The predicted molar refractivity (Wildman–Crippen MR) is 92.1 cm³/mol. The summed E-state index contributed by atoms with van der Waals surface area (Å²) in [5.41, 5.74) is 7.86. The summed E-state index contributed by atoms with van der Waals surface area (Å²) >= 11 is 0. The molecule has 0 aliphatic heterocycles. The van der Waals surface area contributed by atoms with Crippen molar-refractivity contribution in [1.29, 1.82) is 0 Å². The predicted octanol–water partition coefficient (Wildman–Crippen LogP) is 6.92. The standard InChI is InChI=1S/C19H40N/c1-4-6-7-8-9-10-11-12-13-14-15-16-17-18-19(3,20)5-2/h20H,4-18H2,1-3H3. The van der Waals surface area contributed by atoms with E-state index in [2.05, 4.69) is 20.8 Å². The summed E-state index contributed by atoms with van der Waals surface area (Å²) in [6.45, 7) is 6.50. The van der Waals surface area contributed by atoms with Gasteiger partial charge in [0.05, 0.1) is 0 Å². The molecular formula is C19H40N. The molecule has 1 heteroatoms. The van der Waals surface area contributed by atoms with Crippen LogP contribution < -0.4 is 5.73 Å². The van der Waals surface area contributed by atoms with Crippen LogP contribution in [0.15, 0.2) is 0 Å². The Morgan fingerprint density at radius 3 is 1.30 bits per heavy atom. The Morgan fingerprint density at radius 2 is 0.950 bits per heavy atom. The molecule has 0 aliphatic carbocycles. The second-order valence-corrected chi connectivity index (χ2v) is 6.91. The Labute approximate surface area is 129 Å². The fraction of sp³-hybridized carbons (Fsp3) is 1.00. The molecule has 0 aliphatic rings. The Hall–Kier alpha value is -0.0400. The lowest BCUT2D eigenvalue weighted by atomic mass is 9.92. The molecule has 0 rings (SSSR count). The molecule has 20 heavy (non-hydrogen) atoms. The summed E-state index contributed by atoms with van der Waals surface area (Å²) in [4.78, 5) is 0. The average molecular weight is 283 g/mol. The van der Waals surface area contributed by atoms with Crippen molar-refractivity contribution < 1.29 is 0 Å². The smallest absolute Gasteiger partial charge is 0.0293 e. The number of unbranched alkanes of at least 4 members (excludes halogenated alkanes) is 12. The van der Waals surface area contributed by atoms with E-state index >= 15 is 0 Å². The highest BCUT2D eigenvalue weighted by Crippen LogP contribution is 2.18. The zero-order chi connectivity index (χ0) is 15.1. The minimum Gasteiger partial charge on any atom is -0.251 e. The highest BCUT2D eigenvalue weighted by molar-refractivity contribution is 4.74. The Bertz CT molecular complexity index is 186. The molecule has 0 saturated carbocycles. The number of rotatable bonds is 15. The SMILES string of the molecule is CCCCCCCCCCCCCCCC(C)([NH])CC. The maximum absolute atomic E-state index is 8.03. The first-order chi connectivity index (χ1) is 9.62. The van der Waals surface area contributed by atoms with Gasteiger partial charge in [-0.3, -0.25) is 5.73 Å². The zero-order valence-corrected chi connectivity index (χ0v) is 14.6. The molecule has 1 unspecified atom stereocenters. The van der Waals surface area contributed by atoms with Crippen molar-refractivity contribution >= 4 is 0 Å². The summed E-state index contributed by atoms with van der Waals surface area (Å²) in [7, 11) is 0. The van der Waals surface area contributed by atoms with Crippen LogP contribution in [0.5, 0.6) is 0 Å². The Balaban J connectivity index is 3.06. The molecule has 0 aromatic rings. The molecule has 1 atom stereocenters. The highest BCUT2D eigenvalue weighted by Gasteiger charge is 2.15. The number of hydrogen-bond donors (Lipinski definition) is 0. The van der Waals surface area contributed by atoms with Crippen molar-refractivity contribution in [1.82, 2.24) is 5.73 Å². The van der Waals surface area contributed by atoms with Crippen molar-refractivity contribution in [3.8, 4) is 0 Å². The van der Waals surface area contributed by atoms with Gasteiger partial charge < -0.3 is 0 Å². The van der Waals surface area contributed by atoms with Gasteiger partial charge in [-0.1, -0.05) is 97.3 Å². The monoisotopic (exact) mass is 282 g/mol. The number of hydrogen-bond acceptors (Lipinski definition) is 0. The molecule has 0 aromatic heterocycles. The van der Waals surface area contributed by atoms with E-state index in [9.17, 15) is 0 Å². The van der Waals surface area contributed by atoms with Gasteiger partial charge in [-0.05, 0) is 19.8 Å². The third-order valence-corrected chi connectivity index (χ3v) is 4.61. The first-order valence-electron chi connectivity index (χ1n) is 9.37. The highest BCUT2D eigenvalue weighted by atomic mass is 14.7. The van der Waals surface area contributed by atoms with Crippen molar-refractivity contribution in [2.45, 2.75) is 123 Å². The van der Waals surface area contributed by atoms with E-state index in [1.54, 1.807) is 0 Å². The average Bonchev–Trinajstić information content (AvgIpc) is 2.44. The van der Waals surface area contributed by atoms with Crippen molar-refractivity contribution in [3.63, 3.8) is 0 Å². The summed E-state index contributed by atoms with van der Waals surface area (Å²) in [5.74, 6) is 0. The summed E-state index contributed by atoms with van der Waals surface area (Å²) in [6, 6.07) is 0. The summed E-state index contributed by atoms with van der Waals surface area (Å²) in [6.07, 6.45) is 20.4. The van der Waals surface area contributed by atoms with Crippen LogP contribution in [0.1, 0.15) is 117 Å². The Morgan fingerprint density at radius 1 is 0.600 bits per heavy atom. The van der Waals surface area contributed by atoms with Crippen molar-refractivity contribution in [3.05, 3.63) is 0 Å². The quantitative estimate of drug-likeness (QED) is 0.291. The van der Waals surface area contributed by atoms with Gasteiger partial charge in [-0.15, -0.1) is 0 Å². The molecule has 1 radical (unpaired) electrons. The van der Waals surface area contributed by atoms with E-state index in [1.807, 2.05) is 0 Å². The lowest BCUT2D eigenvalue weighted by Gasteiger charge is -2.20. The molecule has 0 aromatic carbocycles. The second kappa shape index (κ2) is 13.9. The van der Waals surface area contributed by atoms with Crippen LogP contribution in [0.25, 0.3) is 0 Å². The first kappa shape index (κ1) is 20.0. The van der Waals surface area contributed by atoms with E-state index < -0.39 is 0 Å². The molecule has 0 spiro atoms. The maximum atomic E-state index is 8.03. The van der Waals surface area contributed by atoms with Crippen LogP contribution in [0.2, 0.25) is 0 Å². The molecule has 0 saturated heterocycles. The van der Waals surface area contributed by atoms with E-state index in [0.717, 1.165) is 12.8 Å². The van der Waals surface area contributed by atoms with Gasteiger partial charge in [0.25, 0.3) is 0 Å². The topological polar surface area (TPSA) is 23.8 Å². The number of nitrogens with one attached hydrogen (secondary N) is 1. The van der Waals surface area contributed by atoms with Crippen LogP contribution in [0.4, 0.5) is 0 Å². The largest absolute Gasteiger partial charge is 0.251 e. The summed E-state index contributed by atoms with van der Waals surface area (Å²) < 4.78 is 0. The van der Waals surface area contributed by atoms with E-state index in [1.165, 1.54) is 83.5 Å². The third-order valence-electron chi connectivity index (χ3n) is 4.61. The lowest BCUT2D eigenvalue weighted by molar-refractivity contribution is 0.381. The van der Waals surface area contributed by atoms with Gasteiger partial charge in [-0.25, -0.2) is 0 Å². The molecule has 1 nitrogen and oxygen atoms in total. The second-order valence-electron chi connectivity index (χ2n) is 6.91. The molecule has 121 valence electrons. The van der Waals surface area contributed by atoms with Gasteiger partial charge in [0.15, 0.2) is 0 Å². The van der Waals surface area contributed by atoms with Crippen molar-refractivity contribution in [2.75, 3.05) is 0 Å². The van der Waals surface area contributed by atoms with E-state index in [0.29, 0.717) is 0 Å². The first-order valence-corrected chi connectivity index (χ1v) is 9.37. The molecular weight excluding hydrogens is 242 g/mol. The lowest BCUT2D eigenvalue weighted by Crippen LogP contribution is -2.24. The van der Waals surface area contributed by atoms with Gasteiger partial charge in [0.1, 0.15) is 0 Å². The summed E-state index contributed by atoms with van der Waals surface area (Å²) in [5, 5.41) is 0. The van der Waals surface area contributed by atoms with Gasteiger partial charge in [0, 0.05) is 5.54 Å². The van der Waals surface area contributed by atoms with Gasteiger partial charge >= 0.3 is 0 Å². The van der Waals surface area contributed by atoms with Crippen LogP contribution in [-0.4, -0.2) is 5.54 Å². The van der Waals surface area contributed by atoms with Crippen LogP contribution in [-0.2, 0) is 0 Å². The van der Waals surface area contributed by atoms with E-state index in [4.69, 9.17) is 5.73 Å². The zero-order valence-electron chi connectivity index (χ0n) is 14.6. The minimum absolute atomic E-state index is 0.169. The molecule has 1 N–H and O–H groups in total. The van der Waals surface area contributed by atoms with Gasteiger partial charge in [-0.2, -0.15) is 0 Å². The van der Waals surface area contributed by atoms with Gasteiger partial charge in [0.2, 0.25) is 0 Å². The molecule has 0 heterocycles. The minimum atomic E-state index is -0.169. The van der Waals surface area contributed by atoms with Crippen LogP contribution >= 0.6 is 0 Å². The van der Waals surface area contributed by atoms with Crippen LogP contribution in [0.3, 0.4) is 0 Å².